The Morgan fingerprint density at radius 1 is 0.786 bits per heavy atom. The summed E-state index contributed by atoms with van der Waals surface area (Å²) < 4.78 is 0. The van der Waals surface area contributed by atoms with Gasteiger partial charge in [0.2, 0.25) is 0 Å². The van der Waals surface area contributed by atoms with Crippen LogP contribution in [-0.2, 0) is 0 Å². The molecule has 0 amide bonds. The fourth-order valence-electron chi connectivity index (χ4n) is 0.919. The van der Waals surface area contributed by atoms with Crippen LogP contribution in [-0.4, -0.2) is 52.0 Å². The minimum absolute atomic E-state index is 0. The van der Waals surface area contributed by atoms with E-state index in [9.17, 15) is 10.2 Å². The fraction of sp³-hybridized carbons (Fsp3) is 1.00. The molecule has 82 valence electrons. The Morgan fingerprint density at radius 3 is 1.14 bits per heavy atom. The van der Waals surface area contributed by atoms with E-state index in [4.69, 9.17) is 0 Å². The quantitative estimate of drug-likeness (QED) is 0.682. The van der Waals surface area contributed by atoms with Crippen LogP contribution < -0.4 is 0 Å². The molecule has 3 heteroatoms. The summed E-state index contributed by atoms with van der Waals surface area (Å²) in [7, 11) is 0. The van der Waals surface area contributed by atoms with Gasteiger partial charge in [-0.15, -0.1) is 0 Å². The van der Waals surface area contributed by atoms with E-state index in [1.165, 1.54) is 0 Å². The molecule has 14 heavy (non-hydrogen) atoms. The SMILES string of the molecule is CC(C)(C)C(O)CC(O)C(C)(C)C.[NaH]. The molecule has 2 nitrogen and oxygen atoms in total. The van der Waals surface area contributed by atoms with Crippen LogP contribution in [0.25, 0.3) is 0 Å². The van der Waals surface area contributed by atoms with Crippen molar-refractivity contribution in [3.8, 4) is 0 Å². The molecule has 0 aliphatic carbocycles. The van der Waals surface area contributed by atoms with Crippen LogP contribution in [0.4, 0.5) is 0 Å². The predicted octanol–water partition coefficient (Wildman–Crippen LogP) is 1.54. The van der Waals surface area contributed by atoms with Gasteiger partial charge in [0.15, 0.2) is 0 Å². The van der Waals surface area contributed by atoms with Crippen molar-refractivity contribution in [1.29, 1.82) is 0 Å². The van der Waals surface area contributed by atoms with Crippen LogP contribution in [0, 0.1) is 10.8 Å². The average Bonchev–Trinajstić information content (AvgIpc) is 1.82. The molecular weight excluding hydrogens is 187 g/mol. The molecule has 2 unspecified atom stereocenters. The van der Waals surface area contributed by atoms with Crippen molar-refractivity contribution in [2.75, 3.05) is 0 Å². The van der Waals surface area contributed by atoms with Gasteiger partial charge in [-0.25, -0.2) is 0 Å². The molecule has 0 saturated carbocycles. The Hall–Kier alpha value is 0.920. The molecule has 0 radical (unpaired) electrons. The normalized spacial score (nSPS) is 17.1. The standard InChI is InChI=1S/C11H24O2.Na.H/c1-10(2,3)8(12)7-9(13)11(4,5)6;;/h8-9,12-13H,7H2,1-6H3;;. The van der Waals surface area contributed by atoms with E-state index in [0.717, 1.165) is 0 Å². The molecule has 0 saturated heterocycles. The maximum absolute atomic E-state index is 9.76. The first-order valence-corrected chi connectivity index (χ1v) is 4.91. The van der Waals surface area contributed by atoms with Gasteiger partial charge in [-0.1, -0.05) is 41.5 Å². The topological polar surface area (TPSA) is 40.5 Å². The second-order valence-electron chi connectivity index (χ2n) is 6.00. The summed E-state index contributed by atoms with van der Waals surface area (Å²) in [6.07, 6.45) is -0.434. The Labute approximate surface area is 110 Å². The van der Waals surface area contributed by atoms with Gasteiger partial charge in [-0.05, 0) is 10.8 Å². The van der Waals surface area contributed by atoms with Crippen LogP contribution in [0.2, 0.25) is 0 Å². The number of aliphatic hydroxyl groups excluding tert-OH is 2. The van der Waals surface area contributed by atoms with Crippen molar-refractivity contribution < 1.29 is 10.2 Å². The Morgan fingerprint density at radius 2 is 1.00 bits per heavy atom. The summed E-state index contributed by atoms with van der Waals surface area (Å²) in [5.74, 6) is 0. The van der Waals surface area contributed by atoms with Crippen LogP contribution in [0.5, 0.6) is 0 Å². The van der Waals surface area contributed by atoms with E-state index in [0.29, 0.717) is 6.42 Å². The van der Waals surface area contributed by atoms with Gasteiger partial charge in [0, 0.05) is 6.42 Å². The molecule has 0 aliphatic heterocycles. The first kappa shape index (κ1) is 17.3. The number of hydrogen-bond donors (Lipinski definition) is 2. The van der Waals surface area contributed by atoms with Gasteiger partial charge in [0.05, 0.1) is 12.2 Å². The number of hydrogen-bond acceptors (Lipinski definition) is 2. The molecule has 0 aliphatic rings. The summed E-state index contributed by atoms with van der Waals surface area (Å²) in [4.78, 5) is 0. The molecule has 0 fully saturated rings. The number of rotatable bonds is 2. The van der Waals surface area contributed by atoms with Gasteiger partial charge in [-0.3, -0.25) is 0 Å². The van der Waals surface area contributed by atoms with Crippen molar-refractivity contribution in [2.45, 2.75) is 60.2 Å². The van der Waals surface area contributed by atoms with Crippen molar-refractivity contribution in [1.82, 2.24) is 0 Å². The van der Waals surface area contributed by atoms with Crippen molar-refractivity contribution in [3.05, 3.63) is 0 Å². The summed E-state index contributed by atoms with van der Waals surface area (Å²) in [6, 6.07) is 0. The average molecular weight is 212 g/mol. The van der Waals surface area contributed by atoms with Gasteiger partial charge in [0.1, 0.15) is 0 Å². The van der Waals surface area contributed by atoms with Gasteiger partial charge < -0.3 is 10.2 Å². The molecule has 0 aromatic heterocycles. The fourth-order valence-corrected chi connectivity index (χ4v) is 0.919. The summed E-state index contributed by atoms with van der Waals surface area (Å²) >= 11 is 0. The first-order valence-electron chi connectivity index (χ1n) is 4.91. The van der Waals surface area contributed by atoms with Crippen LogP contribution in [0.15, 0.2) is 0 Å². The van der Waals surface area contributed by atoms with Crippen molar-refractivity contribution in [3.63, 3.8) is 0 Å². The maximum atomic E-state index is 9.76. The van der Waals surface area contributed by atoms with Crippen LogP contribution >= 0.6 is 0 Å². The zero-order valence-corrected chi connectivity index (χ0v) is 9.76. The predicted molar refractivity (Wildman–Crippen MR) is 62.7 cm³/mol. The third-order valence-corrected chi connectivity index (χ3v) is 2.45. The molecule has 0 aromatic rings. The third-order valence-electron chi connectivity index (χ3n) is 2.45. The van der Waals surface area contributed by atoms with E-state index in [-0.39, 0.29) is 40.4 Å². The number of aliphatic hydroxyl groups is 2. The molecule has 0 rings (SSSR count). The van der Waals surface area contributed by atoms with Crippen molar-refractivity contribution in [2.24, 2.45) is 10.8 Å². The Bertz CT molecular complexity index is 138. The summed E-state index contributed by atoms with van der Waals surface area (Å²) in [5, 5.41) is 19.5. The first-order chi connectivity index (χ1) is 5.55. The molecule has 0 aromatic carbocycles. The Kier molecular flexibility index (Phi) is 7.24. The van der Waals surface area contributed by atoms with E-state index in [2.05, 4.69) is 0 Å². The Balaban J connectivity index is 0. The van der Waals surface area contributed by atoms with Gasteiger partial charge in [-0.2, -0.15) is 0 Å². The summed E-state index contributed by atoms with van der Waals surface area (Å²) in [5.41, 5.74) is -0.293. The molecule has 0 heterocycles. The molecule has 0 spiro atoms. The molecule has 0 bridgehead atoms. The zero-order chi connectivity index (χ0) is 10.9. The zero-order valence-electron chi connectivity index (χ0n) is 9.76. The molecule has 2 atom stereocenters. The van der Waals surface area contributed by atoms with E-state index in [1.54, 1.807) is 0 Å². The summed E-state index contributed by atoms with van der Waals surface area (Å²) in [6.45, 7) is 11.9. The molecule has 2 N–H and O–H groups in total. The van der Waals surface area contributed by atoms with Crippen LogP contribution in [0.1, 0.15) is 48.0 Å². The van der Waals surface area contributed by atoms with Gasteiger partial charge in [0.25, 0.3) is 0 Å². The van der Waals surface area contributed by atoms with Gasteiger partial charge >= 0.3 is 29.6 Å². The molecular formula is C11H25NaO2. The third kappa shape index (κ3) is 6.41. The van der Waals surface area contributed by atoms with Crippen molar-refractivity contribution >= 4 is 29.6 Å². The van der Waals surface area contributed by atoms with Crippen LogP contribution in [0.3, 0.4) is 0 Å². The second-order valence-corrected chi connectivity index (χ2v) is 6.00. The second kappa shape index (κ2) is 5.86. The van der Waals surface area contributed by atoms with E-state index < -0.39 is 12.2 Å². The monoisotopic (exact) mass is 212 g/mol. The van der Waals surface area contributed by atoms with E-state index in [1.807, 2.05) is 41.5 Å². The minimum atomic E-state index is -0.443. The van der Waals surface area contributed by atoms with E-state index >= 15 is 0 Å².